The smallest absolute Gasteiger partial charge is 0.0363 e. The van der Waals surface area contributed by atoms with Gasteiger partial charge in [-0.15, -0.1) is 0 Å². The van der Waals surface area contributed by atoms with Gasteiger partial charge in [-0.25, -0.2) is 0 Å². The second kappa shape index (κ2) is 5.02. The average molecular weight is 182 g/mol. The highest BCUT2D eigenvalue weighted by Gasteiger charge is 2.26. The molecule has 0 aromatic carbocycles. The summed E-state index contributed by atoms with van der Waals surface area (Å²) in [6.45, 7) is 9.61. The maximum Gasteiger partial charge on any atom is -0.0363 e. The Morgan fingerprint density at radius 3 is 2.08 bits per heavy atom. The number of hydrogen-bond donors (Lipinski definition) is 0. The highest BCUT2D eigenvalue weighted by atomic mass is 14.3. The number of hydrogen-bond acceptors (Lipinski definition) is 0. The maximum absolute atomic E-state index is 2.46. The van der Waals surface area contributed by atoms with Gasteiger partial charge in [-0.3, -0.25) is 0 Å². The molecule has 1 saturated carbocycles. The van der Waals surface area contributed by atoms with E-state index < -0.39 is 0 Å². The third-order valence-electron chi connectivity index (χ3n) is 3.86. The van der Waals surface area contributed by atoms with Crippen LogP contribution in [0.5, 0.6) is 0 Å². The molecule has 78 valence electrons. The van der Waals surface area contributed by atoms with Gasteiger partial charge in [0.25, 0.3) is 0 Å². The molecule has 0 bridgehead atoms. The van der Waals surface area contributed by atoms with Crippen LogP contribution < -0.4 is 0 Å². The van der Waals surface area contributed by atoms with Gasteiger partial charge in [-0.2, -0.15) is 0 Å². The fraction of sp³-hybridized carbons (Fsp3) is 1.00. The van der Waals surface area contributed by atoms with Crippen molar-refractivity contribution in [3.05, 3.63) is 0 Å². The predicted octanol–water partition coefficient (Wildman–Crippen LogP) is 4.49. The lowest BCUT2D eigenvalue weighted by Crippen LogP contribution is -2.24. The van der Waals surface area contributed by atoms with Crippen LogP contribution in [0.25, 0.3) is 0 Å². The molecule has 0 spiro atoms. The van der Waals surface area contributed by atoms with Gasteiger partial charge in [0.05, 0.1) is 0 Å². The molecular formula is C13H26. The minimum atomic E-state index is 0.890. The summed E-state index contributed by atoms with van der Waals surface area (Å²) >= 11 is 0. The van der Waals surface area contributed by atoms with E-state index in [9.17, 15) is 0 Å². The molecule has 1 fully saturated rings. The molecule has 0 radical (unpaired) electrons. The molecule has 1 rings (SSSR count). The standard InChI is InChI=1S/C13H26/c1-10(2)8-9-13-11(3)6-5-7-12(13)4/h10-13H,5-9H2,1-4H3. The first-order valence-corrected chi connectivity index (χ1v) is 6.11. The van der Waals surface area contributed by atoms with Gasteiger partial charge in [0.1, 0.15) is 0 Å². The van der Waals surface area contributed by atoms with E-state index in [4.69, 9.17) is 0 Å². The third-order valence-corrected chi connectivity index (χ3v) is 3.86. The molecule has 0 nitrogen and oxygen atoms in total. The molecule has 1 aliphatic rings. The van der Waals surface area contributed by atoms with Crippen molar-refractivity contribution >= 4 is 0 Å². The molecular weight excluding hydrogens is 156 g/mol. The van der Waals surface area contributed by atoms with E-state index in [1.54, 1.807) is 0 Å². The second-order valence-corrected chi connectivity index (χ2v) is 5.52. The third kappa shape index (κ3) is 3.32. The van der Waals surface area contributed by atoms with Crippen LogP contribution in [0.2, 0.25) is 0 Å². The van der Waals surface area contributed by atoms with Crippen molar-refractivity contribution in [3.8, 4) is 0 Å². The van der Waals surface area contributed by atoms with Gasteiger partial charge in [0.2, 0.25) is 0 Å². The Morgan fingerprint density at radius 1 is 1.08 bits per heavy atom. The van der Waals surface area contributed by atoms with Crippen molar-refractivity contribution in [2.75, 3.05) is 0 Å². The van der Waals surface area contributed by atoms with E-state index >= 15 is 0 Å². The lowest BCUT2D eigenvalue weighted by molar-refractivity contribution is 0.160. The molecule has 2 atom stereocenters. The van der Waals surface area contributed by atoms with Crippen molar-refractivity contribution in [3.63, 3.8) is 0 Å². The molecule has 0 N–H and O–H groups in total. The summed E-state index contributed by atoms with van der Waals surface area (Å²) in [6.07, 6.45) is 7.33. The summed E-state index contributed by atoms with van der Waals surface area (Å²) in [5, 5.41) is 0. The lowest BCUT2D eigenvalue weighted by atomic mass is 9.71. The van der Waals surface area contributed by atoms with Gasteiger partial charge in [-0.05, 0) is 30.1 Å². The molecule has 0 heterocycles. The fourth-order valence-corrected chi connectivity index (χ4v) is 2.85. The SMILES string of the molecule is CC(C)CCC1C(C)CCCC1C. The largest absolute Gasteiger partial charge is 0.0628 e. The Bertz CT molecular complexity index is 127. The minimum Gasteiger partial charge on any atom is -0.0628 e. The van der Waals surface area contributed by atoms with Crippen LogP contribution in [0.3, 0.4) is 0 Å². The molecule has 0 amide bonds. The summed E-state index contributed by atoms with van der Waals surface area (Å²) in [5.74, 6) is 3.89. The molecule has 0 aromatic rings. The first-order chi connectivity index (χ1) is 6.11. The average Bonchev–Trinajstić information content (AvgIpc) is 2.03. The van der Waals surface area contributed by atoms with Gasteiger partial charge in [0, 0.05) is 0 Å². The second-order valence-electron chi connectivity index (χ2n) is 5.52. The Kier molecular flexibility index (Phi) is 4.28. The van der Waals surface area contributed by atoms with E-state index in [2.05, 4.69) is 27.7 Å². The summed E-state index contributed by atoms with van der Waals surface area (Å²) in [5.41, 5.74) is 0. The summed E-state index contributed by atoms with van der Waals surface area (Å²) in [7, 11) is 0. The van der Waals surface area contributed by atoms with Gasteiger partial charge in [0.15, 0.2) is 0 Å². The van der Waals surface area contributed by atoms with Gasteiger partial charge >= 0.3 is 0 Å². The summed E-state index contributed by atoms with van der Waals surface area (Å²) in [4.78, 5) is 0. The molecule has 2 unspecified atom stereocenters. The molecule has 0 saturated heterocycles. The maximum atomic E-state index is 2.46. The first kappa shape index (κ1) is 11.1. The Balaban J connectivity index is 2.35. The van der Waals surface area contributed by atoms with Crippen molar-refractivity contribution in [2.24, 2.45) is 23.7 Å². The van der Waals surface area contributed by atoms with Crippen LogP contribution in [-0.2, 0) is 0 Å². The van der Waals surface area contributed by atoms with Gasteiger partial charge < -0.3 is 0 Å². The molecule has 1 aliphatic carbocycles. The van der Waals surface area contributed by atoms with Gasteiger partial charge in [-0.1, -0.05) is 53.4 Å². The highest BCUT2D eigenvalue weighted by molar-refractivity contribution is 4.77. The van der Waals surface area contributed by atoms with Crippen LogP contribution in [-0.4, -0.2) is 0 Å². The lowest BCUT2D eigenvalue weighted by Gasteiger charge is -2.35. The number of rotatable bonds is 3. The molecule has 0 aromatic heterocycles. The quantitative estimate of drug-likeness (QED) is 0.603. The van der Waals surface area contributed by atoms with E-state index in [-0.39, 0.29) is 0 Å². The first-order valence-electron chi connectivity index (χ1n) is 6.11. The molecule has 0 heteroatoms. The predicted molar refractivity (Wildman–Crippen MR) is 59.7 cm³/mol. The molecule has 13 heavy (non-hydrogen) atoms. The topological polar surface area (TPSA) is 0 Å². The Hall–Kier alpha value is 0. The minimum absolute atomic E-state index is 0.890. The zero-order valence-corrected chi connectivity index (χ0v) is 9.84. The summed E-state index contributed by atoms with van der Waals surface area (Å²) < 4.78 is 0. The van der Waals surface area contributed by atoms with Crippen LogP contribution in [0.4, 0.5) is 0 Å². The fourth-order valence-electron chi connectivity index (χ4n) is 2.85. The zero-order valence-electron chi connectivity index (χ0n) is 9.84. The monoisotopic (exact) mass is 182 g/mol. The van der Waals surface area contributed by atoms with E-state index in [0.717, 1.165) is 23.7 Å². The van der Waals surface area contributed by atoms with E-state index in [1.807, 2.05) is 0 Å². The van der Waals surface area contributed by atoms with Crippen LogP contribution >= 0.6 is 0 Å². The highest BCUT2D eigenvalue weighted by Crippen LogP contribution is 2.37. The zero-order chi connectivity index (χ0) is 9.84. The Labute approximate surface area is 84.1 Å². The van der Waals surface area contributed by atoms with E-state index in [1.165, 1.54) is 32.1 Å². The van der Waals surface area contributed by atoms with Crippen molar-refractivity contribution in [2.45, 2.75) is 59.8 Å². The van der Waals surface area contributed by atoms with Crippen molar-refractivity contribution < 1.29 is 0 Å². The van der Waals surface area contributed by atoms with E-state index in [0.29, 0.717) is 0 Å². The normalized spacial score (nSPS) is 35.3. The van der Waals surface area contributed by atoms with Crippen LogP contribution in [0, 0.1) is 23.7 Å². The summed E-state index contributed by atoms with van der Waals surface area (Å²) in [6, 6.07) is 0. The van der Waals surface area contributed by atoms with Crippen LogP contribution in [0.15, 0.2) is 0 Å². The van der Waals surface area contributed by atoms with Crippen LogP contribution in [0.1, 0.15) is 59.8 Å². The van der Waals surface area contributed by atoms with Crippen molar-refractivity contribution in [1.82, 2.24) is 0 Å². The van der Waals surface area contributed by atoms with Crippen molar-refractivity contribution in [1.29, 1.82) is 0 Å². The Morgan fingerprint density at radius 2 is 1.62 bits per heavy atom. The molecule has 0 aliphatic heterocycles.